The van der Waals surface area contributed by atoms with E-state index in [0.29, 0.717) is 0 Å². The van der Waals surface area contributed by atoms with Crippen molar-refractivity contribution in [2.75, 3.05) is 26.0 Å². The first-order valence-corrected chi connectivity index (χ1v) is 11.1. The van der Waals surface area contributed by atoms with E-state index < -0.39 is 0 Å². The molecule has 0 saturated heterocycles. The smallest absolute Gasteiger partial charge is 0.180 e. The van der Waals surface area contributed by atoms with Crippen molar-refractivity contribution in [3.05, 3.63) is 95.7 Å². The second-order valence-corrected chi connectivity index (χ2v) is 10.1. The van der Waals surface area contributed by atoms with Crippen LogP contribution >= 0.6 is 0 Å². The highest BCUT2D eigenvalue weighted by atomic mass is 15.2. The number of anilines is 1. The molecule has 0 aromatic heterocycles. The van der Waals surface area contributed by atoms with Crippen LogP contribution in [0.1, 0.15) is 45.7 Å². The van der Waals surface area contributed by atoms with Gasteiger partial charge in [0.2, 0.25) is 0 Å². The van der Waals surface area contributed by atoms with Crippen molar-refractivity contribution in [2.24, 2.45) is 5.41 Å². The van der Waals surface area contributed by atoms with Crippen molar-refractivity contribution < 1.29 is 4.58 Å². The molecule has 0 fully saturated rings. The van der Waals surface area contributed by atoms with Crippen LogP contribution in [0.4, 0.5) is 5.69 Å². The summed E-state index contributed by atoms with van der Waals surface area (Å²) in [5, 5.41) is 0. The molecule has 1 aliphatic heterocycles. The van der Waals surface area contributed by atoms with Crippen molar-refractivity contribution in [3.63, 3.8) is 0 Å². The fourth-order valence-corrected chi connectivity index (χ4v) is 4.59. The zero-order chi connectivity index (χ0) is 22.8. The fraction of sp³-hybridized carbons (Fsp3) is 0.345. The van der Waals surface area contributed by atoms with Crippen LogP contribution in [0.3, 0.4) is 0 Å². The Hall–Kier alpha value is -2.87. The molecule has 0 radical (unpaired) electrons. The minimum Gasteiger partial charge on any atom is -0.347 e. The minimum atomic E-state index is -0.0281. The van der Waals surface area contributed by atoms with Crippen molar-refractivity contribution in [3.8, 4) is 0 Å². The monoisotopic (exact) mass is 413 g/mol. The molecule has 1 heterocycles. The van der Waals surface area contributed by atoms with E-state index in [2.05, 4.69) is 144 Å². The molecule has 0 N–H and O–H groups in total. The average molecular weight is 414 g/mol. The van der Waals surface area contributed by atoms with Gasteiger partial charge in [0.05, 0.1) is 0 Å². The standard InChI is InChI=1S/C29H37N2/c1-28(2,3)26(30(6)7)20-18-23(22-14-10-9-11-15-22)19-21-27-29(4,5)24-16-12-13-17-25(24)31(27)8/h9-21H,1-8H3/q+1. The van der Waals surface area contributed by atoms with E-state index >= 15 is 0 Å². The van der Waals surface area contributed by atoms with Crippen molar-refractivity contribution in [1.29, 1.82) is 0 Å². The van der Waals surface area contributed by atoms with Crippen molar-refractivity contribution >= 4 is 17.0 Å². The lowest BCUT2D eigenvalue weighted by atomic mass is 9.83. The van der Waals surface area contributed by atoms with Crippen LogP contribution in [-0.2, 0) is 5.41 Å². The molecule has 0 spiro atoms. The average Bonchev–Trinajstić information content (AvgIpc) is 2.90. The molecule has 0 bridgehead atoms. The lowest BCUT2D eigenvalue weighted by Gasteiger charge is -2.24. The van der Waals surface area contributed by atoms with Gasteiger partial charge >= 0.3 is 0 Å². The first-order chi connectivity index (χ1) is 14.5. The van der Waals surface area contributed by atoms with E-state index in [9.17, 15) is 0 Å². The van der Waals surface area contributed by atoms with Crippen LogP contribution in [0.15, 0.2) is 84.6 Å². The molecule has 0 amide bonds. The maximum absolute atomic E-state index is 2.32. The second-order valence-electron chi connectivity index (χ2n) is 10.1. The van der Waals surface area contributed by atoms with E-state index in [1.54, 1.807) is 0 Å². The molecule has 2 nitrogen and oxygen atoms in total. The summed E-state index contributed by atoms with van der Waals surface area (Å²) in [6.45, 7) is 11.4. The zero-order valence-electron chi connectivity index (χ0n) is 20.4. The summed E-state index contributed by atoms with van der Waals surface area (Å²) >= 11 is 0. The van der Waals surface area contributed by atoms with Gasteiger partial charge < -0.3 is 4.90 Å². The Morgan fingerprint density at radius 3 is 2.10 bits per heavy atom. The molecule has 2 aromatic carbocycles. The van der Waals surface area contributed by atoms with Gasteiger partial charge in [-0.2, -0.15) is 0 Å². The SMILES string of the molecule is CN1\C(=C/C=C(\C=C\C(=[N+](C)C)C(C)(C)C)c2ccccc2)C(C)(C)c2ccccc21. The maximum atomic E-state index is 2.32. The van der Waals surface area contributed by atoms with Gasteiger partial charge in [-0.15, -0.1) is 0 Å². The molecular formula is C29H37N2+. The predicted molar refractivity (Wildman–Crippen MR) is 136 cm³/mol. The third kappa shape index (κ3) is 4.74. The molecule has 0 atom stereocenters. The van der Waals surface area contributed by atoms with Crippen LogP contribution in [0.25, 0.3) is 5.57 Å². The highest BCUT2D eigenvalue weighted by molar-refractivity contribution is 5.97. The Morgan fingerprint density at radius 1 is 0.903 bits per heavy atom. The third-order valence-electron chi connectivity index (χ3n) is 6.14. The summed E-state index contributed by atoms with van der Waals surface area (Å²) in [7, 11) is 6.40. The van der Waals surface area contributed by atoms with Crippen LogP contribution in [-0.4, -0.2) is 31.4 Å². The van der Waals surface area contributed by atoms with Crippen LogP contribution in [0.2, 0.25) is 0 Å². The Labute approximate surface area is 188 Å². The number of allylic oxidation sites excluding steroid dienone is 6. The third-order valence-corrected chi connectivity index (χ3v) is 6.14. The number of benzene rings is 2. The van der Waals surface area contributed by atoms with Crippen LogP contribution in [0, 0.1) is 5.41 Å². The summed E-state index contributed by atoms with van der Waals surface area (Å²) in [6.07, 6.45) is 9.07. The molecule has 1 aliphatic rings. The van der Waals surface area contributed by atoms with Gasteiger partial charge in [-0.3, -0.25) is 0 Å². The number of rotatable bonds is 4. The van der Waals surface area contributed by atoms with Crippen LogP contribution < -0.4 is 4.90 Å². The van der Waals surface area contributed by atoms with Crippen molar-refractivity contribution in [2.45, 2.75) is 40.0 Å². The number of fused-ring (bicyclic) bond motifs is 1. The fourth-order valence-electron chi connectivity index (χ4n) is 4.59. The zero-order valence-corrected chi connectivity index (χ0v) is 20.4. The number of hydrogen-bond acceptors (Lipinski definition) is 1. The molecule has 2 aromatic rings. The quantitative estimate of drug-likeness (QED) is 0.307. The molecule has 31 heavy (non-hydrogen) atoms. The van der Waals surface area contributed by atoms with Crippen molar-refractivity contribution in [1.82, 2.24) is 0 Å². The maximum Gasteiger partial charge on any atom is 0.180 e. The molecule has 0 unspecified atom stereocenters. The van der Waals surface area contributed by atoms with E-state index in [1.807, 2.05) is 0 Å². The molecular weight excluding hydrogens is 376 g/mol. The topological polar surface area (TPSA) is 6.25 Å². The summed E-state index contributed by atoms with van der Waals surface area (Å²) in [5.74, 6) is 0. The Kier molecular flexibility index (Phi) is 6.40. The Bertz CT molecular complexity index is 1050. The largest absolute Gasteiger partial charge is 0.347 e. The molecule has 0 aliphatic carbocycles. The van der Waals surface area contributed by atoms with Gasteiger partial charge in [0, 0.05) is 35.3 Å². The summed E-state index contributed by atoms with van der Waals surface area (Å²) in [6, 6.07) is 19.3. The molecule has 0 saturated carbocycles. The number of hydrogen-bond donors (Lipinski definition) is 0. The summed E-state index contributed by atoms with van der Waals surface area (Å²) in [5.41, 5.74) is 7.76. The van der Waals surface area contributed by atoms with E-state index in [1.165, 1.54) is 33.8 Å². The Balaban J connectivity index is 2.08. The number of nitrogens with zero attached hydrogens (tertiary/aromatic N) is 2. The van der Waals surface area contributed by atoms with Crippen LogP contribution in [0.5, 0.6) is 0 Å². The molecule has 3 rings (SSSR count). The molecule has 162 valence electrons. The van der Waals surface area contributed by atoms with E-state index in [0.717, 1.165) is 0 Å². The predicted octanol–water partition coefficient (Wildman–Crippen LogP) is 6.70. The number of para-hydroxylation sites is 1. The van der Waals surface area contributed by atoms with Gasteiger partial charge in [-0.05, 0) is 34.9 Å². The first-order valence-electron chi connectivity index (χ1n) is 11.1. The summed E-state index contributed by atoms with van der Waals surface area (Å²) in [4.78, 5) is 2.32. The highest BCUT2D eigenvalue weighted by Crippen LogP contribution is 2.46. The lowest BCUT2D eigenvalue weighted by Crippen LogP contribution is -2.26. The van der Waals surface area contributed by atoms with E-state index in [-0.39, 0.29) is 10.8 Å². The minimum absolute atomic E-state index is 0.0281. The first kappa shape index (κ1) is 22.8. The van der Waals surface area contributed by atoms with E-state index in [4.69, 9.17) is 0 Å². The second kappa shape index (κ2) is 8.70. The van der Waals surface area contributed by atoms with Gasteiger partial charge in [0.15, 0.2) is 5.71 Å². The van der Waals surface area contributed by atoms with Gasteiger partial charge in [-0.1, -0.05) is 89.2 Å². The van der Waals surface area contributed by atoms with Gasteiger partial charge in [0.25, 0.3) is 0 Å². The van der Waals surface area contributed by atoms with Gasteiger partial charge in [0.1, 0.15) is 14.1 Å². The number of likely N-dealkylation sites (N-methyl/N-ethyl adjacent to an activating group) is 1. The Morgan fingerprint density at radius 2 is 1.52 bits per heavy atom. The molecule has 2 heteroatoms. The normalized spacial score (nSPS) is 17.4. The summed E-state index contributed by atoms with van der Waals surface area (Å²) < 4.78 is 2.21. The van der Waals surface area contributed by atoms with Gasteiger partial charge in [-0.25, -0.2) is 4.58 Å². The highest BCUT2D eigenvalue weighted by Gasteiger charge is 2.37. The lowest BCUT2D eigenvalue weighted by molar-refractivity contribution is -0.467.